The molecule has 2 aromatic rings. The molecular weight excluding hydrogens is 502 g/mol. The first-order chi connectivity index (χ1) is 18.7. The zero-order valence-corrected chi connectivity index (χ0v) is 21.6. The van der Waals surface area contributed by atoms with Gasteiger partial charge in [0.1, 0.15) is 17.9 Å². The van der Waals surface area contributed by atoms with Crippen LogP contribution in [0.3, 0.4) is 0 Å². The molecule has 11 heteroatoms. The van der Waals surface area contributed by atoms with Crippen molar-refractivity contribution in [2.75, 3.05) is 20.2 Å². The zero-order chi connectivity index (χ0) is 28.1. The van der Waals surface area contributed by atoms with Crippen LogP contribution in [-0.2, 0) is 35.1 Å². The van der Waals surface area contributed by atoms with Gasteiger partial charge in [0, 0.05) is 18.5 Å². The number of hydrogen-bond donors (Lipinski definition) is 3. The molecule has 1 unspecified atom stereocenters. The maximum absolute atomic E-state index is 13.4. The number of nitrogen functional groups attached to an aromatic ring is 1. The number of Topliss-reactive ketones (excluding diaryl/α,β-unsaturated/α-hetero) is 1. The minimum atomic E-state index is -1.35. The zero-order valence-electron chi connectivity index (χ0n) is 21.6. The van der Waals surface area contributed by atoms with Gasteiger partial charge in [-0.1, -0.05) is 54.6 Å². The van der Waals surface area contributed by atoms with Crippen LogP contribution in [-0.4, -0.2) is 77.4 Å². The molecule has 2 heterocycles. The van der Waals surface area contributed by atoms with Gasteiger partial charge in [0.15, 0.2) is 0 Å². The van der Waals surface area contributed by atoms with E-state index < -0.39 is 29.7 Å². The van der Waals surface area contributed by atoms with E-state index in [1.165, 1.54) is 29.2 Å². The first-order valence-electron chi connectivity index (χ1n) is 12.7. The number of methoxy groups -OCH3 is 1. The standard InChI is InChI=1S/C28H31N5O6/c1-39-28(38)25(36)24(18-8-10-19(11-9-18)26(29)30)31-27(37)21-13-12-20-15-32(16-23(35)33(20)21)22(34)14-7-17-5-3-2-4-6-17/h2-6,8-11,20-21,24H,7,12-16H2,1H3,(H3,29,30)(H,31,37)/t20-,21-,24?/m0/s1. The van der Waals surface area contributed by atoms with Crippen LogP contribution in [0.2, 0.25) is 0 Å². The van der Waals surface area contributed by atoms with Crippen molar-refractivity contribution in [2.45, 2.75) is 43.8 Å². The second kappa shape index (κ2) is 11.9. The van der Waals surface area contributed by atoms with Crippen molar-refractivity contribution < 1.29 is 28.7 Å². The Bertz CT molecular complexity index is 1280. The van der Waals surface area contributed by atoms with Gasteiger partial charge in [-0.05, 0) is 30.4 Å². The van der Waals surface area contributed by atoms with Gasteiger partial charge < -0.3 is 25.6 Å². The van der Waals surface area contributed by atoms with Crippen molar-refractivity contribution in [1.29, 1.82) is 5.41 Å². The summed E-state index contributed by atoms with van der Waals surface area (Å²) in [4.78, 5) is 67.2. The summed E-state index contributed by atoms with van der Waals surface area (Å²) in [5.41, 5.74) is 7.25. The highest BCUT2D eigenvalue weighted by molar-refractivity contribution is 6.36. The third-order valence-corrected chi connectivity index (χ3v) is 7.16. The van der Waals surface area contributed by atoms with Crippen molar-refractivity contribution in [1.82, 2.24) is 15.1 Å². The molecule has 4 rings (SSSR count). The number of aryl methyl sites for hydroxylation is 1. The molecule has 0 aliphatic carbocycles. The highest BCUT2D eigenvalue weighted by Crippen LogP contribution is 2.29. The molecule has 2 fully saturated rings. The molecule has 4 N–H and O–H groups in total. The van der Waals surface area contributed by atoms with Crippen LogP contribution in [0.4, 0.5) is 0 Å². The Morgan fingerprint density at radius 1 is 1.08 bits per heavy atom. The van der Waals surface area contributed by atoms with E-state index in [1.54, 1.807) is 4.90 Å². The third kappa shape index (κ3) is 6.14. The van der Waals surface area contributed by atoms with Gasteiger partial charge in [0.2, 0.25) is 17.7 Å². The molecule has 2 saturated heterocycles. The predicted molar refractivity (Wildman–Crippen MR) is 140 cm³/mol. The summed E-state index contributed by atoms with van der Waals surface area (Å²) < 4.78 is 4.57. The van der Waals surface area contributed by atoms with Gasteiger partial charge >= 0.3 is 5.97 Å². The number of piperazine rings is 1. The van der Waals surface area contributed by atoms with Crippen LogP contribution in [0.1, 0.15) is 42.0 Å². The number of nitrogens with zero attached hydrogens (tertiary/aromatic N) is 2. The number of carbonyl (C=O) groups excluding carboxylic acids is 5. The number of amides is 3. The topological polar surface area (TPSA) is 163 Å². The monoisotopic (exact) mass is 533 g/mol. The first kappa shape index (κ1) is 27.5. The van der Waals surface area contributed by atoms with Crippen molar-refractivity contribution >= 4 is 35.3 Å². The SMILES string of the molecule is COC(=O)C(=O)C(NC(=O)[C@@H]1CC[C@H]2CN(C(=O)CCc3ccccc3)CC(=O)N21)c1ccc(C(=N)N)cc1. The molecule has 2 aliphatic heterocycles. The number of nitrogens with one attached hydrogen (secondary N) is 2. The summed E-state index contributed by atoms with van der Waals surface area (Å²) in [5, 5.41) is 10.2. The van der Waals surface area contributed by atoms with E-state index in [1.807, 2.05) is 30.3 Å². The molecule has 3 amide bonds. The highest BCUT2D eigenvalue weighted by atomic mass is 16.5. The average Bonchev–Trinajstić information content (AvgIpc) is 3.39. The fraction of sp³-hybridized carbons (Fsp3) is 0.357. The minimum Gasteiger partial charge on any atom is -0.463 e. The number of esters is 1. The second-order valence-corrected chi connectivity index (χ2v) is 9.64. The maximum atomic E-state index is 13.4. The normalized spacial score (nSPS) is 19.2. The summed E-state index contributed by atoms with van der Waals surface area (Å²) in [5.74, 6) is -3.30. The van der Waals surface area contributed by atoms with Gasteiger partial charge in [0.25, 0.3) is 5.78 Å². The van der Waals surface area contributed by atoms with E-state index in [4.69, 9.17) is 11.1 Å². The van der Waals surface area contributed by atoms with E-state index in [0.29, 0.717) is 36.9 Å². The molecule has 0 aromatic heterocycles. The highest BCUT2D eigenvalue weighted by Gasteiger charge is 2.46. The summed E-state index contributed by atoms with van der Waals surface area (Å²) in [7, 11) is 1.07. The number of amidine groups is 1. The molecule has 0 radical (unpaired) electrons. The van der Waals surface area contributed by atoms with Crippen molar-refractivity contribution in [2.24, 2.45) is 5.73 Å². The number of benzene rings is 2. The molecule has 0 spiro atoms. The molecule has 0 bridgehead atoms. The Morgan fingerprint density at radius 3 is 2.41 bits per heavy atom. The van der Waals surface area contributed by atoms with Crippen LogP contribution in [0.25, 0.3) is 0 Å². The molecule has 2 aromatic carbocycles. The quantitative estimate of drug-likeness (QED) is 0.185. The van der Waals surface area contributed by atoms with E-state index in [-0.39, 0.29) is 36.7 Å². The van der Waals surface area contributed by atoms with Gasteiger partial charge in [-0.15, -0.1) is 0 Å². The molecule has 3 atom stereocenters. The predicted octanol–water partition coefficient (Wildman–Crippen LogP) is 0.705. The number of rotatable bonds is 9. The maximum Gasteiger partial charge on any atom is 0.376 e. The van der Waals surface area contributed by atoms with E-state index in [2.05, 4.69) is 10.1 Å². The number of nitrogens with two attached hydrogens (primary N) is 1. The van der Waals surface area contributed by atoms with E-state index in [9.17, 15) is 24.0 Å². The molecule has 11 nitrogen and oxygen atoms in total. The van der Waals surface area contributed by atoms with Crippen LogP contribution in [0, 0.1) is 5.41 Å². The second-order valence-electron chi connectivity index (χ2n) is 9.64. The fourth-order valence-electron chi connectivity index (χ4n) is 5.12. The lowest BCUT2D eigenvalue weighted by molar-refractivity contribution is -0.154. The smallest absolute Gasteiger partial charge is 0.376 e. The lowest BCUT2D eigenvalue weighted by atomic mass is 10.00. The van der Waals surface area contributed by atoms with Crippen molar-refractivity contribution in [3.63, 3.8) is 0 Å². The number of ether oxygens (including phenoxy) is 1. The van der Waals surface area contributed by atoms with Gasteiger partial charge in [0.05, 0.1) is 19.7 Å². The molecular formula is C28H31N5O6. The summed E-state index contributed by atoms with van der Waals surface area (Å²) >= 11 is 0. The van der Waals surface area contributed by atoms with E-state index >= 15 is 0 Å². The Morgan fingerprint density at radius 2 is 1.77 bits per heavy atom. The molecule has 2 aliphatic rings. The summed E-state index contributed by atoms with van der Waals surface area (Å²) in [6.07, 6.45) is 1.74. The summed E-state index contributed by atoms with van der Waals surface area (Å²) in [6, 6.07) is 13.1. The number of ketones is 1. The molecule has 204 valence electrons. The Balaban J connectivity index is 1.43. The molecule has 0 saturated carbocycles. The number of fused-ring (bicyclic) bond motifs is 1. The third-order valence-electron chi connectivity index (χ3n) is 7.16. The fourth-order valence-corrected chi connectivity index (χ4v) is 5.12. The largest absolute Gasteiger partial charge is 0.463 e. The Hall–Kier alpha value is -4.54. The number of hydrogen-bond acceptors (Lipinski definition) is 7. The van der Waals surface area contributed by atoms with Crippen molar-refractivity contribution in [3.05, 3.63) is 71.3 Å². The summed E-state index contributed by atoms with van der Waals surface area (Å²) in [6.45, 7) is 0.213. The average molecular weight is 534 g/mol. The minimum absolute atomic E-state index is 0.113. The lowest BCUT2D eigenvalue weighted by Crippen LogP contribution is -2.60. The lowest BCUT2D eigenvalue weighted by Gasteiger charge is -2.39. The van der Waals surface area contributed by atoms with Gasteiger partial charge in [-0.25, -0.2) is 4.79 Å². The number of carbonyl (C=O) groups is 5. The van der Waals surface area contributed by atoms with Crippen LogP contribution < -0.4 is 11.1 Å². The Labute approximate surface area is 225 Å². The first-order valence-corrected chi connectivity index (χ1v) is 12.7. The Kier molecular flexibility index (Phi) is 8.38. The van der Waals surface area contributed by atoms with Gasteiger partial charge in [-0.2, -0.15) is 0 Å². The van der Waals surface area contributed by atoms with Crippen LogP contribution in [0.5, 0.6) is 0 Å². The molecule has 39 heavy (non-hydrogen) atoms. The van der Waals surface area contributed by atoms with Crippen molar-refractivity contribution in [3.8, 4) is 0 Å². The van der Waals surface area contributed by atoms with Crippen LogP contribution in [0.15, 0.2) is 54.6 Å². The van der Waals surface area contributed by atoms with Gasteiger partial charge in [-0.3, -0.25) is 24.6 Å². The van der Waals surface area contributed by atoms with E-state index in [0.717, 1.165) is 12.7 Å². The van der Waals surface area contributed by atoms with Crippen LogP contribution >= 0.6 is 0 Å².